The van der Waals surface area contributed by atoms with Crippen LogP contribution in [-0.4, -0.2) is 77.9 Å². The van der Waals surface area contributed by atoms with Crippen LogP contribution in [-0.2, 0) is 33.9 Å². The molecule has 0 aromatic carbocycles. The Hall–Kier alpha value is -2.96. The molecule has 0 bridgehead atoms. The third-order valence-electron chi connectivity index (χ3n) is 7.50. The highest BCUT2D eigenvalue weighted by Gasteiger charge is 2.62. The van der Waals surface area contributed by atoms with E-state index < -0.39 is 62.3 Å². The van der Waals surface area contributed by atoms with Gasteiger partial charge in [0.05, 0.1) is 5.25 Å². The smallest absolute Gasteiger partial charge is 0.408 e. The first kappa shape index (κ1) is 32.6. The van der Waals surface area contributed by atoms with Crippen LogP contribution in [0.5, 0.6) is 0 Å². The van der Waals surface area contributed by atoms with Gasteiger partial charge in [0, 0.05) is 13.0 Å². The van der Waals surface area contributed by atoms with E-state index in [0.717, 1.165) is 5.57 Å². The average molecular weight is 597 g/mol. The molecule has 1 saturated heterocycles. The Morgan fingerprint density at radius 3 is 2.29 bits per heavy atom. The van der Waals surface area contributed by atoms with Crippen molar-refractivity contribution in [1.29, 1.82) is 0 Å². The topological polar surface area (TPSA) is 168 Å². The molecule has 230 valence electrons. The predicted octanol–water partition coefficient (Wildman–Crippen LogP) is 2.08. The summed E-state index contributed by atoms with van der Waals surface area (Å²) in [5.74, 6) is -2.26. The van der Waals surface area contributed by atoms with Crippen molar-refractivity contribution >= 4 is 39.6 Å². The van der Waals surface area contributed by atoms with Gasteiger partial charge in [-0.2, -0.15) is 0 Å². The molecule has 0 aromatic heterocycles. The van der Waals surface area contributed by atoms with Gasteiger partial charge >= 0.3 is 6.09 Å². The SMILES string of the molecule is CC[C@@H]1C[C@]1(NC(=O)[C@@H]1CCCN1C(=O)[C@H](CCC(=O)C=C(C)C)NC(=O)OC(C)(C)C)C(=O)NS(=O)(=O)C1CC1. The van der Waals surface area contributed by atoms with Crippen molar-refractivity contribution in [2.75, 3.05) is 6.54 Å². The molecule has 1 aliphatic heterocycles. The molecular formula is C28H44N4O8S. The maximum absolute atomic E-state index is 13.7. The number of carbonyl (C=O) groups excluding carboxylic acids is 5. The molecule has 0 radical (unpaired) electrons. The lowest BCUT2D eigenvalue weighted by molar-refractivity contribution is -0.141. The number of likely N-dealkylation sites (tertiary alicyclic amines) is 1. The Kier molecular flexibility index (Phi) is 9.92. The van der Waals surface area contributed by atoms with E-state index in [9.17, 15) is 32.4 Å². The van der Waals surface area contributed by atoms with Gasteiger partial charge in [-0.1, -0.05) is 18.9 Å². The zero-order valence-electron chi connectivity index (χ0n) is 24.9. The van der Waals surface area contributed by atoms with Crippen LogP contribution in [0, 0.1) is 5.92 Å². The van der Waals surface area contributed by atoms with E-state index in [-0.39, 0.29) is 31.1 Å². The number of hydrogen-bond acceptors (Lipinski definition) is 8. The highest BCUT2D eigenvalue weighted by atomic mass is 32.2. The van der Waals surface area contributed by atoms with E-state index >= 15 is 0 Å². The molecule has 4 amide bonds. The first-order chi connectivity index (χ1) is 19.0. The Bertz CT molecular complexity index is 1200. The van der Waals surface area contributed by atoms with Crippen LogP contribution in [0.3, 0.4) is 0 Å². The minimum absolute atomic E-state index is 0.000974. The van der Waals surface area contributed by atoms with E-state index in [2.05, 4.69) is 15.4 Å². The van der Waals surface area contributed by atoms with Crippen LogP contribution in [0.1, 0.15) is 92.9 Å². The molecule has 3 rings (SSSR count). The van der Waals surface area contributed by atoms with E-state index in [0.29, 0.717) is 38.5 Å². The molecule has 3 aliphatic rings. The highest BCUT2D eigenvalue weighted by molar-refractivity contribution is 7.91. The van der Waals surface area contributed by atoms with Gasteiger partial charge in [-0.15, -0.1) is 0 Å². The summed E-state index contributed by atoms with van der Waals surface area (Å²) >= 11 is 0. The fourth-order valence-corrected chi connectivity index (χ4v) is 6.55. The third kappa shape index (κ3) is 8.52. The second-order valence-corrected chi connectivity index (χ2v) is 14.5. The van der Waals surface area contributed by atoms with Crippen LogP contribution >= 0.6 is 0 Å². The van der Waals surface area contributed by atoms with Gasteiger partial charge in [0.25, 0.3) is 5.91 Å². The number of nitrogens with one attached hydrogen (secondary N) is 3. The van der Waals surface area contributed by atoms with Gasteiger partial charge in [0.1, 0.15) is 23.2 Å². The number of allylic oxidation sites excluding steroid dienone is 2. The van der Waals surface area contributed by atoms with Crippen molar-refractivity contribution in [3.63, 3.8) is 0 Å². The van der Waals surface area contributed by atoms with Crippen molar-refractivity contribution in [3.05, 3.63) is 11.6 Å². The lowest BCUT2D eigenvalue weighted by Gasteiger charge is -2.30. The summed E-state index contributed by atoms with van der Waals surface area (Å²) in [5.41, 5.74) is -1.36. The van der Waals surface area contributed by atoms with Gasteiger partial charge in [-0.3, -0.25) is 23.9 Å². The molecule has 0 unspecified atom stereocenters. The van der Waals surface area contributed by atoms with Crippen LogP contribution in [0.4, 0.5) is 4.79 Å². The number of carbonyl (C=O) groups is 5. The summed E-state index contributed by atoms with van der Waals surface area (Å²) in [7, 11) is -3.80. The Labute approximate surface area is 242 Å². The van der Waals surface area contributed by atoms with Crippen molar-refractivity contribution in [3.8, 4) is 0 Å². The maximum Gasteiger partial charge on any atom is 0.408 e. The Balaban J connectivity index is 1.74. The normalized spacial score (nSPS) is 24.6. The zero-order valence-corrected chi connectivity index (χ0v) is 25.7. The first-order valence-electron chi connectivity index (χ1n) is 14.3. The molecule has 2 saturated carbocycles. The highest BCUT2D eigenvalue weighted by Crippen LogP contribution is 2.46. The number of ether oxygens (including phenoxy) is 1. The van der Waals surface area contributed by atoms with E-state index in [1.165, 1.54) is 11.0 Å². The number of nitrogens with zero attached hydrogens (tertiary/aromatic N) is 1. The van der Waals surface area contributed by atoms with E-state index in [1.54, 1.807) is 34.6 Å². The van der Waals surface area contributed by atoms with Gasteiger partial charge in [0.15, 0.2) is 5.78 Å². The summed E-state index contributed by atoms with van der Waals surface area (Å²) in [6.07, 6.45) is 3.37. The molecule has 41 heavy (non-hydrogen) atoms. The monoisotopic (exact) mass is 596 g/mol. The van der Waals surface area contributed by atoms with Crippen molar-refractivity contribution < 1.29 is 37.1 Å². The summed E-state index contributed by atoms with van der Waals surface area (Å²) in [5, 5.41) is 4.76. The fourth-order valence-electron chi connectivity index (χ4n) is 5.19. The maximum atomic E-state index is 13.7. The summed E-state index contributed by atoms with van der Waals surface area (Å²) in [6.45, 7) is 10.7. The molecule has 12 nitrogen and oxygen atoms in total. The summed E-state index contributed by atoms with van der Waals surface area (Å²) in [4.78, 5) is 66.5. The van der Waals surface area contributed by atoms with Crippen molar-refractivity contribution in [2.45, 2.75) is 121 Å². The lowest BCUT2D eigenvalue weighted by atomic mass is 10.1. The predicted molar refractivity (Wildman–Crippen MR) is 151 cm³/mol. The number of amides is 4. The molecule has 2 aliphatic carbocycles. The van der Waals surface area contributed by atoms with Gasteiger partial charge in [-0.05, 0) is 85.1 Å². The standard InChI is InChI=1S/C28H44N4O8S/c1-7-18-16-28(18,25(36)31-41(38,39)20-11-12-20)30-23(34)22-9-8-14-32(22)24(35)21(13-10-19(33)15-17(2)3)29-26(37)40-27(4,5)6/h15,18,20-22H,7-14,16H2,1-6H3,(H,29,37)(H,30,34)(H,31,36)/t18-,21+,22+,28-/m1/s1. The number of sulfonamides is 1. The second-order valence-electron chi connectivity index (χ2n) is 12.6. The number of hydrogen-bond donors (Lipinski definition) is 3. The molecule has 13 heteroatoms. The number of rotatable bonds is 12. The molecule has 3 N–H and O–H groups in total. The Morgan fingerprint density at radius 1 is 1.10 bits per heavy atom. The molecular weight excluding hydrogens is 552 g/mol. The van der Waals surface area contributed by atoms with Crippen molar-refractivity contribution in [2.24, 2.45) is 5.92 Å². The second kappa shape index (κ2) is 12.5. The molecule has 0 spiro atoms. The zero-order chi connectivity index (χ0) is 30.8. The Morgan fingerprint density at radius 2 is 1.76 bits per heavy atom. The van der Waals surface area contributed by atoms with Crippen LogP contribution in [0.15, 0.2) is 11.6 Å². The minimum Gasteiger partial charge on any atom is -0.444 e. The molecule has 0 aromatic rings. The van der Waals surface area contributed by atoms with E-state index in [1.807, 2.05) is 6.92 Å². The first-order valence-corrected chi connectivity index (χ1v) is 15.9. The van der Waals surface area contributed by atoms with Crippen LogP contribution in [0.2, 0.25) is 0 Å². The molecule has 3 fully saturated rings. The largest absolute Gasteiger partial charge is 0.444 e. The van der Waals surface area contributed by atoms with Crippen LogP contribution in [0.25, 0.3) is 0 Å². The van der Waals surface area contributed by atoms with Crippen molar-refractivity contribution in [1.82, 2.24) is 20.3 Å². The van der Waals surface area contributed by atoms with Crippen LogP contribution < -0.4 is 15.4 Å². The van der Waals surface area contributed by atoms with Gasteiger partial charge < -0.3 is 20.3 Å². The summed E-state index contributed by atoms with van der Waals surface area (Å²) < 4.78 is 32.3. The average Bonchev–Trinajstić information content (AvgIpc) is 3.76. The lowest BCUT2D eigenvalue weighted by Crippen LogP contribution is -2.58. The fraction of sp³-hybridized carbons (Fsp3) is 0.750. The molecule has 1 heterocycles. The summed E-state index contributed by atoms with van der Waals surface area (Å²) in [6, 6.07) is -2.03. The van der Waals surface area contributed by atoms with Gasteiger partial charge in [-0.25, -0.2) is 13.2 Å². The number of ketones is 1. The van der Waals surface area contributed by atoms with Gasteiger partial charge in [0.2, 0.25) is 21.8 Å². The van der Waals surface area contributed by atoms with E-state index in [4.69, 9.17) is 4.74 Å². The number of alkyl carbamates (subject to hydrolysis) is 1. The minimum atomic E-state index is -3.80. The molecule has 4 atom stereocenters. The third-order valence-corrected chi connectivity index (χ3v) is 9.32. The quantitative estimate of drug-likeness (QED) is 0.288.